The molecule has 1 aliphatic rings. The molecule has 3 aromatic heterocycles. The van der Waals surface area contributed by atoms with E-state index in [0.717, 1.165) is 39.6 Å². The average molecular weight is 466 g/mol. The number of hydrogen-bond acceptors (Lipinski definition) is 7. The fourth-order valence-electron chi connectivity index (χ4n) is 3.78. The Morgan fingerprint density at radius 1 is 1.12 bits per heavy atom. The van der Waals surface area contributed by atoms with Crippen LogP contribution in [-0.4, -0.2) is 21.6 Å². The molecular formula is C24H23N3O3S2. The SMILES string of the molecule is O=C(CSc1nc(COc2ccccc2)nc2sc3c(c12)CCCC3)NCc1ccco1. The van der Waals surface area contributed by atoms with Crippen molar-refractivity contribution in [1.82, 2.24) is 15.3 Å². The molecule has 0 bridgehead atoms. The Morgan fingerprint density at radius 2 is 2.00 bits per heavy atom. The maximum absolute atomic E-state index is 12.4. The van der Waals surface area contributed by atoms with Gasteiger partial charge >= 0.3 is 0 Å². The molecule has 1 amide bonds. The number of aromatic nitrogens is 2. The lowest BCUT2D eigenvalue weighted by atomic mass is 9.97. The smallest absolute Gasteiger partial charge is 0.230 e. The summed E-state index contributed by atoms with van der Waals surface area (Å²) in [4.78, 5) is 24.5. The summed E-state index contributed by atoms with van der Waals surface area (Å²) in [5.41, 5.74) is 1.37. The maximum Gasteiger partial charge on any atom is 0.230 e. The number of thioether (sulfide) groups is 1. The third-order valence-electron chi connectivity index (χ3n) is 5.32. The predicted octanol–water partition coefficient (Wildman–Crippen LogP) is 5.15. The number of carbonyl (C=O) groups is 1. The summed E-state index contributed by atoms with van der Waals surface area (Å²) in [7, 11) is 0. The van der Waals surface area contributed by atoms with Gasteiger partial charge in [0.1, 0.15) is 28.0 Å². The number of thiophene rings is 1. The molecule has 0 unspecified atom stereocenters. The van der Waals surface area contributed by atoms with Crippen molar-refractivity contribution in [2.75, 3.05) is 5.75 Å². The Kier molecular flexibility index (Phi) is 6.41. The van der Waals surface area contributed by atoms with E-state index in [1.54, 1.807) is 17.6 Å². The van der Waals surface area contributed by atoms with Crippen LogP contribution in [0.2, 0.25) is 0 Å². The van der Waals surface area contributed by atoms with Crippen molar-refractivity contribution in [1.29, 1.82) is 0 Å². The number of benzene rings is 1. The van der Waals surface area contributed by atoms with Crippen LogP contribution < -0.4 is 10.1 Å². The zero-order chi connectivity index (χ0) is 21.8. The topological polar surface area (TPSA) is 77.2 Å². The summed E-state index contributed by atoms with van der Waals surface area (Å²) in [6.45, 7) is 0.677. The minimum Gasteiger partial charge on any atom is -0.486 e. The second-order valence-corrected chi connectivity index (χ2v) is 9.63. The number of carbonyl (C=O) groups excluding carboxylic acids is 1. The summed E-state index contributed by atoms with van der Waals surface area (Å²) in [6, 6.07) is 13.3. The van der Waals surface area contributed by atoms with Crippen LogP contribution in [0.15, 0.2) is 58.2 Å². The molecule has 8 heteroatoms. The second kappa shape index (κ2) is 9.75. The zero-order valence-corrected chi connectivity index (χ0v) is 19.1. The molecule has 0 spiro atoms. The molecule has 0 radical (unpaired) electrons. The van der Waals surface area contributed by atoms with Gasteiger partial charge in [-0.25, -0.2) is 9.97 Å². The minimum atomic E-state index is -0.0515. The maximum atomic E-state index is 12.4. The van der Waals surface area contributed by atoms with E-state index in [-0.39, 0.29) is 11.7 Å². The first-order valence-corrected chi connectivity index (χ1v) is 12.5. The highest BCUT2D eigenvalue weighted by atomic mass is 32.2. The lowest BCUT2D eigenvalue weighted by Gasteiger charge is -2.12. The highest BCUT2D eigenvalue weighted by Crippen LogP contribution is 2.39. The second-order valence-electron chi connectivity index (χ2n) is 7.58. The monoisotopic (exact) mass is 465 g/mol. The van der Waals surface area contributed by atoms with Gasteiger partial charge in [-0.2, -0.15) is 0 Å². The van der Waals surface area contributed by atoms with Crippen LogP contribution in [0.25, 0.3) is 10.2 Å². The van der Waals surface area contributed by atoms with E-state index < -0.39 is 0 Å². The van der Waals surface area contributed by atoms with Gasteiger partial charge in [-0.05, 0) is 55.5 Å². The normalized spacial score (nSPS) is 13.1. The number of rotatable bonds is 8. The van der Waals surface area contributed by atoms with Gasteiger partial charge in [-0.15, -0.1) is 11.3 Å². The Hall–Kier alpha value is -2.84. The molecule has 1 N–H and O–H groups in total. The molecule has 0 aliphatic heterocycles. The molecule has 164 valence electrons. The number of aryl methyl sites for hydroxylation is 2. The molecule has 0 saturated carbocycles. The van der Waals surface area contributed by atoms with Crippen LogP contribution in [0.3, 0.4) is 0 Å². The molecule has 3 heterocycles. The van der Waals surface area contributed by atoms with Gasteiger partial charge in [-0.3, -0.25) is 4.79 Å². The highest BCUT2D eigenvalue weighted by Gasteiger charge is 2.22. The van der Waals surface area contributed by atoms with Crippen molar-refractivity contribution in [3.8, 4) is 5.75 Å². The average Bonchev–Trinajstić information content (AvgIpc) is 3.48. The number of hydrogen-bond donors (Lipinski definition) is 1. The first-order valence-electron chi connectivity index (χ1n) is 10.7. The van der Waals surface area contributed by atoms with Crippen molar-refractivity contribution in [3.63, 3.8) is 0 Å². The molecule has 0 fully saturated rings. The number of fused-ring (bicyclic) bond motifs is 3. The van der Waals surface area contributed by atoms with Crippen LogP contribution >= 0.6 is 23.1 Å². The van der Waals surface area contributed by atoms with E-state index in [2.05, 4.69) is 5.32 Å². The first-order chi connectivity index (χ1) is 15.8. The quantitative estimate of drug-likeness (QED) is 0.286. The molecular weight excluding hydrogens is 442 g/mol. The predicted molar refractivity (Wildman–Crippen MR) is 126 cm³/mol. The van der Waals surface area contributed by atoms with Crippen LogP contribution in [0.1, 0.15) is 34.9 Å². The van der Waals surface area contributed by atoms with E-state index >= 15 is 0 Å². The van der Waals surface area contributed by atoms with E-state index in [1.807, 2.05) is 42.5 Å². The Labute approximate surface area is 194 Å². The van der Waals surface area contributed by atoms with E-state index in [0.29, 0.717) is 19.0 Å². The Balaban J connectivity index is 1.36. The van der Waals surface area contributed by atoms with Gasteiger partial charge < -0.3 is 14.5 Å². The number of ether oxygens (including phenoxy) is 1. The number of furan rings is 1. The molecule has 32 heavy (non-hydrogen) atoms. The number of nitrogens with one attached hydrogen (secondary N) is 1. The van der Waals surface area contributed by atoms with Gasteiger partial charge in [-0.1, -0.05) is 30.0 Å². The lowest BCUT2D eigenvalue weighted by Crippen LogP contribution is -2.24. The molecule has 0 saturated heterocycles. The van der Waals surface area contributed by atoms with Gasteiger partial charge in [0, 0.05) is 10.3 Å². The summed E-state index contributed by atoms with van der Waals surface area (Å²) < 4.78 is 11.2. The summed E-state index contributed by atoms with van der Waals surface area (Å²) >= 11 is 3.23. The number of amides is 1. The van der Waals surface area contributed by atoms with Crippen molar-refractivity contribution in [3.05, 3.63) is 70.8 Å². The van der Waals surface area contributed by atoms with Crippen molar-refractivity contribution >= 4 is 39.2 Å². The van der Waals surface area contributed by atoms with Gasteiger partial charge in [0.05, 0.1) is 18.6 Å². The van der Waals surface area contributed by atoms with Gasteiger partial charge in [0.15, 0.2) is 5.82 Å². The zero-order valence-electron chi connectivity index (χ0n) is 17.5. The lowest BCUT2D eigenvalue weighted by molar-refractivity contribution is -0.118. The Bertz CT molecular complexity index is 1210. The first kappa shape index (κ1) is 21.0. The molecule has 1 aliphatic carbocycles. The largest absolute Gasteiger partial charge is 0.486 e. The molecule has 0 atom stereocenters. The third-order valence-corrected chi connectivity index (χ3v) is 7.48. The van der Waals surface area contributed by atoms with Crippen molar-refractivity contribution in [2.24, 2.45) is 0 Å². The van der Waals surface area contributed by atoms with Crippen LogP contribution in [0, 0.1) is 0 Å². The number of nitrogens with zero attached hydrogens (tertiary/aromatic N) is 2. The van der Waals surface area contributed by atoms with E-state index in [1.165, 1.54) is 35.0 Å². The molecule has 5 rings (SSSR count). The number of para-hydroxylation sites is 1. The summed E-state index contributed by atoms with van der Waals surface area (Å²) in [5, 5.41) is 4.89. The van der Waals surface area contributed by atoms with E-state index in [9.17, 15) is 4.79 Å². The minimum absolute atomic E-state index is 0.0515. The summed E-state index contributed by atoms with van der Waals surface area (Å²) in [6.07, 6.45) is 6.16. The third kappa shape index (κ3) is 4.81. The Morgan fingerprint density at radius 3 is 2.84 bits per heavy atom. The van der Waals surface area contributed by atoms with Crippen molar-refractivity contribution < 1.29 is 13.9 Å². The van der Waals surface area contributed by atoms with Gasteiger partial charge in [0.25, 0.3) is 0 Å². The van der Waals surface area contributed by atoms with E-state index in [4.69, 9.17) is 19.1 Å². The highest BCUT2D eigenvalue weighted by molar-refractivity contribution is 8.00. The van der Waals surface area contributed by atoms with Crippen LogP contribution in [0.5, 0.6) is 5.75 Å². The molecule has 6 nitrogen and oxygen atoms in total. The van der Waals surface area contributed by atoms with Crippen molar-refractivity contribution in [2.45, 2.75) is 43.9 Å². The molecule has 1 aromatic carbocycles. The fourth-order valence-corrected chi connectivity index (χ4v) is 6.03. The standard InChI is InChI=1S/C24H23N3O3S2/c28-21(25-13-17-9-6-12-29-17)15-31-23-22-18-10-4-5-11-19(18)32-24(22)27-20(26-23)14-30-16-7-2-1-3-8-16/h1-3,6-9,12H,4-5,10-11,13-15H2,(H,25,28). The van der Waals surface area contributed by atoms with Crippen LogP contribution in [0.4, 0.5) is 0 Å². The fraction of sp³-hybridized carbons (Fsp3) is 0.292. The van der Waals surface area contributed by atoms with Crippen LogP contribution in [-0.2, 0) is 30.8 Å². The molecule has 4 aromatic rings. The van der Waals surface area contributed by atoms with Gasteiger partial charge in [0.2, 0.25) is 5.91 Å². The summed E-state index contributed by atoms with van der Waals surface area (Å²) in [5.74, 6) is 2.40.